The van der Waals surface area contributed by atoms with E-state index in [2.05, 4.69) is 12.2 Å². The van der Waals surface area contributed by atoms with Crippen LogP contribution in [0.3, 0.4) is 0 Å². The second-order valence-electron chi connectivity index (χ2n) is 1.64. The molecule has 0 unspecified atom stereocenters. The molecule has 0 spiro atoms. The topological polar surface area (TPSA) is 63.3 Å². The molecule has 0 aromatic carbocycles. The molecule has 0 bridgehead atoms. The molecule has 0 rings (SSSR count). The first kappa shape index (κ1) is 8.52. The van der Waals surface area contributed by atoms with Crippen LogP contribution in [0.15, 0.2) is 0 Å². The van der Waals surface area contributed by atoms with E-state index in [-0.39, 0.29) is 0 Å². The summed E-state index contributed by atoms with van der Waals surface area (Å²) in [5.74, 6) is -1.05. The summed E-state index contributed by atoms with van der Waals surface area (Å²) in [5.41, 5.74) is 5.13. The molecule has 0 aromatic rings. The molecule has 0 aliphatic heterocycles. The number of carbonyl (C=O) groups is 1. The Labute approximate surface area is 58.9 Å². The summed E-state index contributed by atoms with van der Waals surface area (Å²) in [7, 11) is 0. The van der Waals surface area contributed by atoms with Crippen molar-refractivity contribution in [1.29, 1.82) is 0 Å². The van der Waals surface area contributed by atoms with Crippen LogP contribution in [0.5, 0.6) is 0 Å². The van der Waals surface area contributed by atoms with Gasteiger partial charge in [0.05, 0.1) is 0 Å². The quantitative estimate of drug-likeness (QED) is 0.559. The van der Waals surface area contributed by atoms with Crippen molar-refractivity contribution in [2.45, 2.75) is 19.4 Å². The molecule has 1 atom stereocenters. The van der Waals surface area contributed by atoms with E-state index in [0.29, 0.717) is 11.3 Å². The van der Waals surface area contributed by atoms with E-state index in [1.54, 1.807) is 6.92 Å². The number of rotatable bonds is 3. The second-order valence-corrected chi connectivity index (χ2v) is 2.16. The monoisotopic (exact) mass is 147 g/mol. The fourth-order valence-corrected chi connectivity index (χ4v) is 0.458. The zero-order valence-electron chi connectivity index (χ0n) is 5.13. The summed E-state index contributed by atoms with van der Waals surface area (Å²) >= 11 is 4.65. The number of thiocarbonyl (C=S) groups is 1. The third-order valence-electron chi connectivity index (χ3n) is 0.961. The largest absolute Gasteiger partial charge is 0.480 e. The van der Waals surface area contributed by atoms with Crippen molar-refractivity contribution in [1.82, 2.24) is 0 Å². The average molecular weight is 147 g/mol. The lowest BCUT2D eigenvalue weighted by atomic mass is 10.2. The van der Waals surface area contributed by atoms with Crippen LogP contribution in [0, 0.1) is 0 Å². The van der Waals surface area contributed by atoms with Crippen LogP contribution in [0.25, 0.3) is 0 Å². The molecule has 0 aliphatic rings. The Morgan fingerprint density at radius 1 is 1.89 bits per heavy atom. The van der Waals surface area contributed by atoms with Gasteiger partial charge in [0.2, 0.25) is 0 Å². The van der Waals surface area contributed by atoms with E-state index in [0.717, 1.165) is 0 Å². The standard InChI is InChI=1S/C5H9NO2S/c1-2-3(9)4(6)5(7)8/h4H,2,6H2,1H3,(H,7,8)/t4-/m0/s1. The Morgan fingerprint density at radius 2 is 2.33 bits per heavy atom. The molecule has 0 aromatic heterocycles. The van der Waals surface area contributed by atoms with Crippen LogP contribution in [0.4, 0.5) is 0 Å². The minimum Gasteiger partial charge on any atom is -0.480 e. The number of aliphatic carboxylic acids is 1. The molecule has 0 aliphatic carbocycles. The van der Waals surface area contributed by atoms with Crippen molar-refractivity contribution >= 4 is 23.1 Å². The van der Waals surface area contributed by atoms with Crippen molar-refractivity contribution < 1.29 is 9.90 Å². The van der Waals surface area contributed by atoms with Crippen LogP contribution in [-0.2, 0) is 4.79 Å². The number of nitrogens with two attached hydrogens (primary N) is 1. The van der Waals surface area contributed by atoms with Crippen LogP contribution < -0.4 is 5.73 Å². The molecule has 9 heavy (non-hydrogen) atoms. The molecule has 3 nitrogen and oxygen atoms in total. The average Bonchev–Trinajstić information content (AvgIpc) is 1.84. The van der Waals surface area contributed by atoms with Crippen molar-refractivity contribution in [2.75, 3.05) is 0 Å². The van der Waals surface area contributed by atoms with Gasteiger partial charge in [0.1, 0.15) is 6.04 Å². The van der Waals surface area contributed by atoms with Gasteiger partial charge in [-0.3, -0.25) is 4.79 Å². The van der Waals surface area contributed by atoms with Crippen molar-refractivity contribution in [3.63, 3.8) is 0 Å². The van der Waals surface area contributed by atoms with E-state index in [9.17, 15) is 4.79 Å². The van der Waals surface area contributed by atoms with Crippen LogP contribution in [0.2, 0.25) is 0 Å². The molecule has 0 saturated carbocycles. The molecule has 4 heteroatoms. The van der Waals surface area contributed by atoms with Gasteiger partial charge < -0.3 is 10.8 Å². The van der Waals surface area contributed by atoms with Crippen LogP contribution >= 0.6 is 12.2 Å². The van der Waals surface area contributed by atoms with E-state index in [1.807, 2.05) is 0 Å². The van der Waals surface area contributed by atoms with Gasteiger partial charge in [0.25, 0.3) is 0 Å². The van der Waals surface area contributed by atoms with E-state index in [1.165, 1.54) is 0 Å². The third kappa shape index (κ3) is 2.53. The first-order valence-electron chi connectivity index (χ1n) is 2.60. The van der Waals surface area contributed by atoms with Gasteiger partial charge in [0, 0.05) is 4.86 Å². The zero-order valence-corrected chi connectivity index (χ0v) is 5.94. The number of hydrogen-bond donors (Lipinski definition) is 2. The highest BCUT2D eigenvalue weighted by molar-refractivity contribution is 7.80. The normalized spacial score (nSPS) is 12.7. The summed E-state index contributed by atoms with van der Waals surface area (Å²) in [6, 6.07) is -0.968. The van der Waals surface area contributed by atoms with Crippen molar-refractivity contribution in [2.24, 2.45) is 5.73 Å². The summed E-state index contributed by atoms with van der Waals surface area (Å²) in [4.78, 5) is 10.5. The van der Waals surface area contributed by atoms with E-state index < -0.39 is 12.0 Å². The zero-order chi connectivity index (χ0) is 7.44. The van der Waals surface area contributed by atoms with Crippen molar-refractivity contribution in [3.8, 4) is 0 Å². The minimum absolute atomic E-state index is 0.391. The minimum atomic E-state index is -1.05. The van der Waals surface area contributed by atoms with Gasteiger partial charge in [-0.2, -0.15) is 0 Å². The van der Waals surface area contributed by atoms with Gasteiger partial charge in [-0.05, 0) is 6.42 Å². The maximum Gasteiger partial charge on any atom is 0.325 e. The SMILES string of the molecule is CCC(=S)[C@H](N)C(=O)O. The highest BCUT2D eigenvalue weighted by atomic mass is 32.1. The van der Waals surface area contributed by atoms with Crippen molar-refractivity contribution in [3.05, 3.63) is 0 Å². The van der Waals surface area contributed by atoms with Crippen LogP contribution in [0.1, 0.15) is 13.3 Å². The molecule has 0 heterocycles. The fourth-order valence-electron chi connectivity index (χ4n) is 0.358. The molecular weight excluding hydrogens is 138 g/mol. The predicted octanol–water partition coefficient (Wildman–Crippen LogP) is 0.178. The third-order valence-corrected chi connectivity index (χ3v) is 1.50. The predicted molar refractivity (Wildman–Crippen MR) is 38.5 cm³/mol. The molecule has 0 saturated heterocycles. The number of hydrogen-bond acceptors (Lipinski definition) is 3. The van der Waals surface area contributed by atoms with Gasteiger partial charge >= 0.3 is 5.97 Å². The maximum absolute atomic E-state index is 10.1. The highest BCUT2D eigenvalue weighted by Crippen LogP contribution is 1.90. The second kappa shape index (κ2) is 3.53. The van der Waals surface area contributed by atoms with Gasteiger partial charge in [-0.1, -0.05) is 19.1 Å². The van der Waals surface area contributed by atoms with Gasteiger partial charge in [-0.15, -0.1) is 0 Å². The first-order chi connectivity index (χ1) is 4.09. The lowest BCUT2D eigenvalue weighted by molar-refractivity contribution is -0.136. The lowest BCUT2D eigenvalue weighted by Gasteiger charge is -2.03. The smallest absolute Gasteiger partial charge is 0.325 e. The highest BCUT2D eigenvalue weighted by Gasteiger charge is 2.14. The van der Waals surface area contributed by atoms with E-state index in [4.69, 9.17) is 10.8 Å². The first-order valence-corrected chi connectivity index (χ1v) is 3.01. The molecule has 0 fully saturated rings. The summed E-state index contributed by atoms with van der Waals surface area (Å²) in [6.45, 7) is 1.78. The molecule has 0 radical (unpaired) electrons. The summed E-state index contributed by atoms with van der Waals surface area (Å²) in [6.07, 6.45) is 0.544. The van der Waals surface area contributed by atoms with Crippen LogP contribution in [-0.4, -0.2) is 22.0 Å². The Hall–Kier alpha value is -0.480. The maximum atomic E-state index is 10.1. The molecule has 52 valence electrons. The van der Waals surface area contributed by atoms with Gasteiger partial charge in [-0.25, -0.2) is 0 Å². The number of carboxylic acid groups (broad SMARTS) is 1. The molecule has 0 amide bonds. The fraction of sp³-hybridized carbons (Fsp3) is 0.600. The molecule has 3 N–H and O–H groups in total. The Balaban J connectivity index is 3.88. The Kier molecular flexibility index (Phi) is 3.34. The summed E-state index contributed by atoms with van der Waals surface area (Å²) < 4.78 is 0. The van der Waals surface area contributed by atoms with Gasteiger partial charge in [0.15, 0.2) is 0 Å². The Bertz CT molecular complexity index is 135. The summed E-state index contributed by atoms with van der Waals surface area (Å²) in [5, 5.41) is 8.27. The number of carboxylic acids is 1. The van der Waals surface area contributed by atoms with E-state index >= 15 is 0 Å². The lowest BCUT2D eigenvalue weighted by Crippen LogP contribution is -2.36. The molecular formula is C5H9NO2S. The Morgan fingerprint density at radius 3 is 2.44 bits per heavy atom.